The Bertz CT molecular complexity index is 167. The molecule has 6 heteroatoms. The van der Waals surface area contributed by atoms with E-state index in [9.17, 15) is 8.42 Å². The number of halogens is 1. The molecule has 0 spiro atoms. The van der Waals surface area contributed by atoms with Gasteiger partial charge in [0.25, 0.3) is 0 Å². The molecule has 0 saturated heterocycles. The first-order chi connectivity index (χ1) is 4.56. The number of nitrogens with one attached hydrogen (secondary N) is 1. The highest BCUT2D eigenvalue weighted by Crippen LogP contribution is 1.92. The maximum absolute atomic E-state index is 10.0. The summed E-state index contributed by atoms with van der Waals surface area (Å²) in [5, 5.41) is 0. The quantitative estimate of drug-likeness (QED) is 0.335. The van der Waals surface area contributed by atoms with E-state index in [4.69, 9.17) is 4.55 Å². The van der Waals surface area contributed by atoms with Gasteiger partial charge < -0.3 is 0 Å². The fourth-order valence-electron chi connectivity index (χ4n) is 0.421. The summed E-state index contributed by atoms with van der Waals surface area (Å²) in [5.41, 5.74) is 0. The van der Waals surface area contributed by atoms with Crippen molar-refractivity contribution in [1.29, 1.82) is 0 Å². The van der Waals surface area contributed by atoms with Crippen LogP contribution in [0.25, 0.3) is 0 Å². The van der Waals surface area contributed by atoms with Gasteiger partial charge in [-0.05, 0) is 17.3 Å². The summed E-state index contributed by atoms with van der Waals surface area (Å²) in [6.07, 6.45) is 1.73. The van der Waals surface area contributed by atoms with Gasteiger partial charge in [0, 0.05) is 6.54 Å². The third-order valence-electron chi connectivity index (χ3n) is 0.845. The Hall–Kier alpha value is 0.600. The molecule has 0 aliphatic rings. The Morgan fingerprint density at radius 3 is 2.40 bits per heavy atom. The van der Waals surface area contributed by atoms with Crippen LogP contribution in [0.1, 0.15) is 12.8 Å². The van der Waals surface area contributed by atoms with Crippen LogP contribution < -0.4 is 4.72 Å². The third kappa shape index (κ3) is 8.60. The number of unbranched alkanes of at least 4 members (excludes halogenated alkanes) is 1. The molecule has 0 aromatic carbocycles. The molecular weight excluding hydrogens is 269 g/mol. The summed E-state index contributed by atoms with van der Waals surface area (Å²) in [6, 6.07) is 0. The molecule has 0 heterocycles. The van der Waals surface area contributed by atoms with Gasteiger partial charge in [-0.2, -0.15) is 13.1 Å². The minimum atomic E-state index is -3.96. The number of rotatable bonds is 5. The zero-order valence-corrected chi connectivity index (χ0v) is 8.35. The second kappa shape index (κ2) is 5.28. The molecule has 0 aliphatic heterocycles. The molecule has 0 fully saturated rings. The predicted molar refractivity (Wildman–Crippen MR) is 47.7 cm³/mol. The van der Waals surface area contributed by atoms with Crippen molar-refractivity contribution in [2.24, 2.45) is 0 Å². The van der Waals surface area contributed by atoms with E-state index in [1.54, 1.807) is 0 Å². The molecule has 2 N–H and O–H groups in total. The highest BCUT2D eigenvalue weighted by molar-refractivity contribution is 14.1. The molecule has 0 aromatic rings. The van der Waals surface area contributed by atoms with Crippen LogP contribution >= 0.6 is 22.6 Å². The van der Waals surface area contributed by atoms with Gasteiger partial charge in [0.05, 0.1) is 0 Å². The number of hydrogen-bond donors (Lipinski definition) is 2. The van der Waals surface area contributed by atoms with Crippen molar-refractivity contribution in [3.63, 3.8) is 0 Å². The number of alkyl halides is 1. The topological polar surface area (TPSA) is 66.4 Å². The van der Waals surface area contributed by atoms with Gasteiger partial charge in [-0.25, -0.2) is 0 Å². The molecule has 62 valence electrons. The highest BCUT2D eigenvalue weighted by atomic mass is 127. The minimum Gasteiger partial charge on any atom is -0.273 e. The van der Waals surface area contributed by atoms with E-state index in [0.29, 0.717) is 6.54 Å². The molecule has 0 radical (unpaired) electrons. The van der Waals surface area contributed by atoms with Crippen LogP contribution in [0.2, 0.25) is 0 Å². The molecule has 0 unspecified atom stereocenters. The van der Waals surface area contributed by atoms with Gasteiger partial charge in [-0.15, -0.1) is 0 Å². The second-order valence-electron chi connectivity index (χ2n) is 1.77. The predicted octanol–water partition coefficient (Wildman–Crippen LogP) is 0.594. The van der Waals surface area contributed by atoms with E-state index in [1.807, 2.05) is 4.72 Å². The van der Waals surface area contributed by atoms with Gasteiger partial charge in [0.1, 0.15) is 0 Å². The fourth-order valence-corrected chi connectivity index (χ4v) is 1.36. The maximum Gasteiger partial charge on any atom is 0.333 e. The van der Waals surface area contributed by atoms with E-state index >= 15 is 0 Å². The fraction of sp³-hybridized carbons (Fsp3) is 1.00. The number of hydrogen-bond acceptors (Lipinski definition) is 2. The summed E-state index contributed by atoms with van der Waals surface area (Å²) < 4.78 is 31.2. The van der Waals surface area contributed by atoms with Crippen LogP contribution in [0.5, 0.6) is 0 Å². The summed E-state index contributed by atoms with van der Waals surface area (Å²) in [6.45, 7) is 0.321. The SMILES string of the molecule is O=S(=O)(O)NCCCCI. The lowest BCUT2D eigenvalue weighted by Gasteiger charge is -1.97. The van der Waals surface area contributed by atoms with E-state index in [-0.39, 0.29) is 0 Å². The van der Waals surface area contributed by atoms with Crippen LogP contribution in [-0.2, 0) is 10.3 Å². The highest BCUT2D eigenvalue weighted by Gasteiger charge is 1.99. The van der Waals surface area contributed by atoms with Gasteiger partial charge in [-0.1, -0.05) is 22.6 Å². The molecule has 0 aliphatic carbocycles. The second-order valence-corrected chi connectivity index (χ2v) is 4.08. The van der Waals surface area contributed by atoms with Crippen LogP contribution in [0.3, 0.4) is 0 Å². The molecule has 0 atom stereocenters. The third-order valence-corrected chi connectivity index (χ3v) is 2.18. The monoisotopic (exact) mass is 279 g/mol. The van der Waals surface area contributed by atoms with Gasteiger partial charge in [0.2, 0.25) is 0 Å². The lowest BCUT2D eigenvalue weighted by molar-refractivity contribution is 0.466. The van der Waals surface area contributed by atoms with Crippen LogP contribution in [0.4, 0.5) is 0 Å². The Morgan fingerprint density at radius 1 is 1.40 bits per heavy atom. The molecule has 4 nitrogen and oxygen atoms in total. The van der Waals surface area contributed by atoms with E-state index < -0.39 is 10.3 Å². The van der Waals surface area contributed by atoms with E-state index in [2.05, 4.69) is 22.6 Å². The average Bonchev–Trinajstić information content (AvgIpc) is 1.78. The van der Waals surface area contributed by atoms with Gasteiger partial charge in [0.15, 0.2) is 0 Å². The van der Waals surface area contributed by atoms with Crippen molar-refractivity contribution in [2.75, 3.05) is 11.0 Å². The van der Waals surface area contributed by atoms with E-state index in [0.717, 1.165) is 17.3 Å². The maximum atomic E-state index is 10.0. The van der Waals surface area contributed by atoms with E-state index in [1.165, 1.54) is 0 Å². The molecule has 0 aromatic heterocycles. The molecule has 0 saturated carbocycles. The summed E-state index contributed by atoms with van der Waals surface area (Å²) >= 11 is 2.21. The lowest BCUT2D eigenvalue weighted by atomic mass is 10.3. The first kappa shape index (κ1) is 10.6. The molecule has 0 amide bonds. The summed E-state index contributed by atoms with van der Waals surface area (Å²) in [5.74, 6) is 0. The van der Waals surface area contributed by atoms with Gasteiger partial charge in [-0.3, -0.25) is 4.55 Å². The Balaban J connectivity index is 3.21. The van der Waals surface area contributed by atoms with Crippen molar-refractivity contribution in [3.05, 3.63) is 0 Å². The molecule has 0 bridgehead atoms. The zero-order valence-electron chi connectivity index (χ0n) is 5.38. The first-order valence-corrected chi connectivity index (χ1v) is 5.81. The van der Waals surface area contributed by atoms with Crippen LogP contribution in [0, 0.1) is 0 Å². The Kier molecular flexibility index (Phi) is 5.59. The van der Waals surface area contributed by atoms with Gasteiger partial charge >= 0.3 is 10.3 Å². The smallest absolute Gasteiger partial charge is 0.273 e. The summed E-state index contributed by atoms with van der Waals surface area (Å²) in [4.78, 5) is 0. The van der Waals surface area contributed by atoms with Crippen LogP contribution in [-0.4, -0.2) is 23.9 Å². The average molecular weight is 279 g/mol. The lowest BCUT2D eigenvalue weighted by Crippen LogP contribution is -2.23. The standard InChI is InChI=1S/C4H10INO3S/c5-3-1-2-4-6-10(7,8)9/h6H,1-4H2,(H,7,8,9). The minimum absolute atomic E-state index is 0.321. The molecule has 10 heavy (non-hydrogen) atoms. The van der Waals surface area contributed by atoms with Crippen molar-refractivity contribution in [2.45, 2.75) is 12.8 Å². The Labute approximate surface area is 74.4 Å². The van der Waals surface area contributed by atoms with Crippen molar-refractivity contribution in [3.8, 4) is 0 Å². The normalized spacial score (nSPS) is 11.8. The van der Waals surface area contributed by atoms with Crippen molar-refractivity contribution >= 4 is 32.9 Å². The molecular formula is C4H10INO3S. The van der Waals surface area contributed by atoms with Crippen molar-refractivity contribution < 1.29 is 13.0 Å². The summed E-state index contributed by atoms with van der Waals surface area (Å²) in [7, 11) is -3.96. The van der Waals surface area contributed by atoms with Crippen LogP contribution in [0.15, 0.2) is 0 Å². The molecule has 0 rings (SSSR count). The first-order valence-electron chi connectivity index (χ1n) is 2.84. The largest absolute Gasteiger partial charge is 0.333 e. The Morgan fingerprint density at radius 2 is 2.00 bits per heavy atom. The zero-order chi connectivity index (χ0) is 8.04. The van der Waals surface area contributed by atoms with Crippen molar-refractivity contribution in [1.82, 2.24) is 4.72 Å².